The predicted octanol–water partition coefficient (Wildman–Crippen LogP) is 2.90. The lowest BCUT2D eigenvalue weighted by atomic mass is 9.80. The molecule has 0 fully saturated rings. The highest BCUT2D eigenvalue weighted by molar-refractivity contribution is 5.77. The van der Waals surface area contributed by atoms with Crippen LogP contribution < -0.4 is 10.5 Å². The van der Waals surface area contributed by atoms with Crippen molar-refractivity contribution < 1.29 is 9.47 Å². The molecule has 7 heteroatoms. The van der Waals surface area contributed by atoms with Gasteiger partial charge in [0.2, 0.25) is 0 Å². The number of aliphatic imine (C=N–C) groups is 1. The van der Waals surface area contributed by atoms with Crippen molar-refractivity contribution in [3.8, 4) is 22.6 Å². The van der Waals surface area contributed by atoms with Gasteiger partial charge in [-0.1, -0.05) is 12.1 Å². The van der Waals surface area contributed by atoms with Gasteiger partial charge in [-0.3, -0.25) is 0 Å². The lowest BCUT2D eigenvalue weighted by Crippen LogP contribution is -2.31. The van der Waals surface area contributed by atoms with Crippen LogP contribution in [0.1, 0.15) is 16.7 Å². The zero-order chi connectivity index (χ0) is 20.0. The van der Waals surface area contributed by atoms with Crippen molar-refractivity contribution in [3.63, 3.8) is 0 Å². The molecule has 0 bridgehead atoms. The number of hydrogen-bond donors (Lipinski definition) is 1. The molecule has 2 aromatic carbocycles. The standard InChI is InChI=1S/C22H21N5O2/c1-27(2)11-14-3-5-19-17(7-14)22(12-28-21(23)26-22)18-8-15(4-6-20(18)29-19)16-9-24-13-25-10-16/h3-10,13H,11-12H2,1-2H3,(H2,23,26)/t22-/m1/s1. The third-order valence-corrected chi connectivity index (χ3v) is 5.26. The fourth-order valence-electron chi connectivity index (χ4n) is 3.99. The van der Waals surface area contributed by atoms with E-state index in [-0.39, 0.29) is 6.02 Å². The number of amidine groups is 1. The van der Waals surface area contributed by atoms with Crippen LogP contribution in [0.4, 0.5) is 0 Å². The number of aromatic nitrogens is 2. The molecule has 29 heavy (non-hydrogen) atoms. The van der Waals surface area contributed by atoms with Gasteiger partial charge in [0.25, 0.3) is 6.02 Å². The molecule has 1 spiro atoms. The largest absolute Gasteiger partial charge is 0.462 e. The lowest BCUT2D eigenvalue weighted by Gasteiger charge is -2.34. The quantitative estimate of drug-likeness (QED) is 0.744. The molecule has 146 valence electrons. The molecular formula is C22H21N5O2. The van der Waals surface area contributed by atoms with E-state index in [1.807, 2.05) is 32.3 Å². The highest BCUT2D eigenvalue weighted by Gasteiger charge is 2.47. The number of benzene rings is 2. The van der Waals surface area contributed by atoms with E-state index in [4.69, 9.17) is 20.2 Å². The summed E-state index contributed by atoms with van der Waals surface area (Å²) in [6.45, 7) is 1.15. The molecule has 1 aromatic heterocycles. The molecule has 3 aromatic rings. The molecule has 0 saturated heterocycles. The van der Waals surface area contributed by atoms with Crippen molar-refractivity contribution in [2.45, 2.75) is 12.1 Å². The van der Waals surface area contributed by atoms with Crippen molar-refractivity contribution in [1.29, 1.82) is 0 Å². The number of rotatable bonds is 3. The molecule has 2 aliphatic heterocycles. The van der Waals surface area contributed by atoms with E-state index >= 15 is 0 Å². The van der Waals surface area contributed by atoms with Crippen molar-refractivity contribution in [2.24, 2.45) is 10.7 Å². The van der Waals surface area contributed by atoms with Gasteiger partial charge in [0, 0.05) is 35.6 Å². The summed E-state index contributed by atoms with van der Waals surface area (Å²) in [5.41, 5.74) is 10.2. The third kappa shape index (κ3) is 2.91. The van der Waals surface area contributed by atoms with Crippen LogP contribution in [0.2, 0.25) is 0 Å². The van der Waals surface area contributed by atoms with Gasteiger partial charge in [-0.05, 0) is 49.5 Å². The number of nitrogens with two attached hydrogens (primary N) is 1. The Morgan fingerprint density at radius 2 is 1.72 bits per heavy atom. The first-order valence-corrected chi connectivity index (χ1v) is 9.39. The molecule has 3 heterocycles. The fraction of sp³-hybridized carbons (Fsp3) is 0.227. The van der Waals surface area contributed by atoms with Gasteiger partial charge in [-0.25, -0.2) is 15.0 Å². The first-order chi connectivity index (χ1) is 14.0. The zero-order valence-electron chi connectivity index (χ0n) is 16.3. The maximum absolute atomic E-state index is 6.24. The van der Waals surface area contributed by atoms with Gasteiger partial charge in [0.1, 0.15) is 24.4 Å². The minimum Gasteiger partial charge on any atom is -0.462 e. The topological polar surface area (TPSA) is 85.9 Å². The molecule has 2 aliphatic rings. The number of fused-ring (bicyclic) bond motifs is 4. The van der Waals surface area contributed by atoms with Crippen LogP contribution in [-0.2, 0) is 16.8 Å². The van der Waals surface area contributed by atoms with Gasteiger partial charge in [0.05, 0.1) is 0 Å². The SMILES string of the molecule is CN(C)Cc1ccc2c(c1)[C@]1(COC(N)=N1)c1cc(-c3cncnc3)ccc1O2. The van der Waals surface area contributed by atoms with E-state index in [1.165, 1.54) is 11.9 Å². The van der Waals surface area contributed by atoms with Gasteiger partial charge in [0.15, 0.2) is 5.54 Å². The van der Waals surface area contributed by atoms with Gasteiger partial charge in [-0.15, -0.1) is 0 Å². The average molecular weight is 387 g/mol. The normalized spacial score (nSPS) is 19.3. The third-order valence-electron chi connectivity index (χ3n) is 5.26. The van der Waals surface area contributed by atoms with E-state index < -0.39 is 5.54 Å². The molecule has 0 radical (unpaired) electrons. The Bertz CT molecular complexity index is 1110. The predicted molar refractivity (Wildman–Crippen MR) is 110 cm³/mol. The van der Waals surface area contributed by atoms with Crippen molar-refractivity contribution >= 4 is 6.02 Å². The summed E-state index contributed by atoms with van der Waals surface area (Å²) in [6, 6.07) is 12.4. The minimum absolute atomic E-state index is 0.190. The van der Waals surface area contributed by atoms with Crippen molar-refractivity contribution in [2.75, 3.05) is 20.7 Å². The number of nitrogens with zero attached hydrogens (tertiary/aromatic N) is 4. The Labute approximate surface area is 168 Å². The van der Waals surface area contributed by atoms with Crippen molar-refractivity contribution in [3.05, 3.63) is 71.8 Å². The first-order valence-electron chi connectivity index (χ1n) is 9.39. The summed E-state index contributed by atoms with van der Waals surface area (Å²) in [6.07, 6.45) is 5.10. The summed E-state index contributed by atoms with van der Waals surface area (Å²) in [4.78, 5) is 15.2. The summed E-state index contributed by atoms with van der Waals surface area (Å²) >= 11 is 0. The second-order valence-electron chi connectivity index (χ2n) is 7.61. The smallest absolute Gasteiger partial charge is 0.283 e. The number of hydrogen-bond acceptors (Lipinski definition) is 7. The summed E-state index contributed by atoms with van der Waals surface area (Å²) in [5.74, 6) is 1.53. The Balaban J connectivity index is 1.70. The molecular weight excluding hydrogens is 366 g/mol. The highest BCUT2D eigenvalue weighted by Crippen LogP contribution is 2.51. The molecule has 0 saturated carbocycles. The molecule has 0 unspecified atom stereocenters. The lowest BCUT2D eigenvalue weighted by molar-refractivity contribution is 0.264. The van der Waals surface area contributed by atoms with Crippen LogP contribution in [-0.4, -0.2) is 41.6 Å². The highest BCUT2D eigenvalue weighted by atomic mass is 16.5. The second-order valence-corrected chi connectivity index (χ2v) is 7.61. The maximum atomic E-state index is 6.24. The molecule has 0 amide bonds. The van der Waals surface area contributed by atoms with Gasteiger partial charge in [-0.2, -0.15) is 0 Å². The van der Waals surface area contributed by atoms with Crippen LogP contribution in [0, 0.1) is 0 Å². The van der Waals surface area contributed by atoms with Crippen LogP contribution in [0.3, 0.4) is 0 Å². The van der Waals surface area contributed by atoms with Crippen LogP contribution in [0.15, 0.2) is 60.1 Å². The van der Waals surface area contributed by atoms with Gasteiger partial charge >= 0.3 is 0 Å². The van der Waals surface area contributed by atoms with Gasteiger partial charge < -0.3 is 20.1 Å². The van der Waals surface area contributed by atoms with Crippen LogP contribution in [0.25, 0.3) is 11.1 Å². The van der Waals surface area contributed by atoms with E-state index in [0.29, 0.717) is 6.61 Å². The summed E-state index contributed by atoms with van der Waals surface area (Å²) in [5, 5.41) is 0. The summed E-state index contributed by atoms with van der Waals surface area (Å²) < 4.78 is 11.9. The molecule has 2 N–H and O–H groups in total. The second kappa shape index (κ2) is 6.56. The van der Waals surface area contributed by atoms with Crippen LogP contribution >= 0.6 is 0 Å². The molecule has 7 nitrogen and oxygen atoms in total. The van der Waals surface area contributed by atoms with Crippen LogP contribution in [0.5, 0.6) is 11.5 Å². The fourth-order valence-corrected chi connectivity index (χ4v) is 3.99. The molecule has 1 atom stereocenters. The zero-order valence-corrected chi connectivity index (χ0v) is 16.3. The Morgan fingerprint density at radius 3 is 2.41 bits per heavy atom. The minimum atomic E-state index is -0.735. The summed E-state index contributed by atoms with van der Waals surface area (Å²) in [7, 11) is 4.09. The van der Waals surface area contributed by atoms with E-state index in [9.17, 15) is 0 Å². The monoisotopic (exact) mass is 387 g/mol. The first kappa shape index (κ1) is 17.6. The molecule has 0 aliphatic carbocycles. The Morgan fingerprint density at radius 1 is 1.00 bits per heavy atom. The number of ether oxygens (including phenoxy) is 2. The Kier molecular flexibility index (Phi) is 3.99. The van der Waals surface area contributed by atoms with E-state index in [2.05, 4.69) is 33.1 Å². The van der Waals surface area contributed by atoms with E-state index in [0.717, 1.165) is 40.3 Å². The van der Waals surface area contributed by atoms with Crippen molar-refractivity contribution in [1.82, 2.24) is 14.9 Å². The average Bonchev–Trinajstić information content (AvgIpc) is 3.11. The van der Waals surface area contributed by atoms with E-state index in [1.54, 1.807) is 12.4 Å². The Hall–Kier alpha value is -3.45. The maximum Gasteiger partial charge on any atom is 0.283 e. The molecule has 5 rings (SSSR count).